The van der Waals surface area contributed by atoms with Crippen LogP contribution in [0.25, 0.3) is 5.69 Å². The third-order valence-electron chi connectivity index (χ3n) is 5.75. The number of carbonyl (C=O) groups is 1. The standard InChI is InChI=1S/C27H23Cl3N4O3S/c1-18-14-20(19(2)34(18)26-13-10-22(29)15-25(26)30)16-31-32-27(35)17-33(23-11-8-21(28)9-12-23)38(36,37)24-6-4-3-5-7-24/h3-16H,17H2,1-2H3,(H,32,35)/b31-16+. The number of hydrazone groups is 1. The summed E-state index contributed by atoms with van der Waals surface area (Å²) < 4.78 is 29.7. The number of amides is 1. The van der Waals surface area contributed by atoms with E-state index in [1.165, 1.54) is 30.5 Å². The normalized spacial score (nSPS) is 11.6. The highest BCUT2D eigenvalue weighted by Crippen LogP contribution is 2.29. The number of hydrogen-bond donors (Lipinski definition) is 1. The van der Waals surface area contributed by atoms with Crippen LogP contribution >= 0.6 is 34.8 Å². The second-order valence-electron chi connectivity index (χ2n) is 8.35. The summed E-state index contributed by atoms with van der Waals surface area (Å²) in [6, 6.07) is 21.2. The van der Waals surface area contributed by atoms with Crippen molar-refractivity contribution in [2.45, 2.75) is 18.7 Å². The fourth-order valence-electron chi connectivity index (χ4n) is 3.93. The molecule has 7 nitrogen and oxygen atoms in total. The zero-order valence-electron chi connectivity index (χ0n) is 20.4. The molecule has 1 heterocycles. The van der Waals surface area contributed by atoms with Gasteiger partial charge in [-0.15, -0.1) is 0 Å². The molecule has 0 bridgehead atoms. The SMILES string of the molecule is Cc1cc(/C=N/NC(=O)CN(c2ccc(Cl)cc2)S(=O)(=O)c2ccccc2)c(C)n1-c1ccc(Cl)cc1Cl. The van der Waals surface area contributed by atoms with E-state index < -0.39 is 22.5 Å². The molecule has 0 saturated heterocycles. The van der Waals surface area contributed by atoms with Gasteiger partial charge in [0.2, 0.25) is 0 Å². The van der Waals surface area contributed by atoms with Crippen LogP contribution in [0.5, 0.6) is 0 Å². The number of anilines is 1. The summed E-state index contributed by atoms with van der Waals surface area (Å²) in [5, 5.41) is 5.54. The summed E-state index contributed by atoms with van der Waals surface area (Å²) in [5.41, 5.74) is 5.98. The van der Waals surface area contributed by atoms with E-state index in [1.807, 2.05) is 30.5 Å². The number of carbonyl (C=O) groups excluding carboxylic acids is 1. The number of benzene rings is 3. The molecule has 0 aliphatic rings. The van der Waals surface area contributed by atoms with E-state index in [0.29, 0.717) is 20.8 Å². The van der Waals surface area contributed by atoms with Crippen molar-refractivity contribution < 1.29 is 13.2 Å². The van der Waals surface area contributed by atoms with Crippen molar-refractivity contribution in [3.05, 3.63) is 111 Å². The van der Waals surface area contributed by atoms with Crippen LogP contribution < -0.4 is 9.73 Å². The predicted molar refractivity (Wildman–Crippen MR) is 153 cm³/mol. The number of hydrogen-bond acceptors (Lipinski definition) is 4. The summed E-state index contributed by atoms with van der Waals surface area (Å²) in [6.07, 6.45) is 1.50. The lowest BCUT2D eigenvalue weighted by atomic mass is 10.2. The molecule has 0 unspecified atom stereocenters. The van der Waals surface area contributed by atoms with Crippen LogP contribution in [0.2, 0.25) is 15.1 Å². The van der Waals surface area contributed by atoms with Gasteiger partial charge in [0.15, 0.2) is 0 Å². The van der Waals surface area contributed by atoms with Crippen LogP contribution in [0.15, 0.2) is 88.9 Å². The quantitative estimate of drug-likeness (QED) is 0.191. The molecule has 0 fully saturated rings. The summed E-state index contributed by atoms with van der Waals surface area (Å²) in [6.45, 7) is 3.33. The number of sulfonamides is 1. The van der Waals surface area contributed by atoms with Gasteiger partial charge in [-0.2, -0.15) is 5.10 Å². The molecule has 0 atom stereocenters. The van der Waals surface area contributed by atoms with Crippen LogP contribution in [0.3, 0.4) is 0 Å². The lowest BCUT2D eigenvalue weighted by Crippen LogP contribution is -2.39. The van der Waals surface area contributed by atoms with E-state index in [4.69, 9.17) is 34.8 Å². The van der Waals surface area contributed by atoms with E-state index in [2.05, 4.69) is 10.5 Å². The third-order valence-corrected chi connectivity index (χ3v) is 8.32. The molecule has 1 aromatic heterocycles. The number of aromatic nitrogens is 1. The maximum Gasteiger partial charge on any atom is 0.264 e. The highest BCUT2D eigenvalue weighted by Gasteiger charge is 2.27. The fourth-order valence-corrected chi connectivity index (χ4v) is 5.99. The molecule has 4 aromatic rings. The number of rotatable bonds is 8. The monoisotopic (exact) mass is 588 g/mol. The minimum absolute atomic E-state index is 0.0551. The second kappa shape index (κ2) is 11.6. The molecule has 0 spiro atoms. The first kappa shape index (κ1) is 27.7. The number of nitrogens with one attached hydrogen (secondary N) is 1. The summed E-state index contributed by atoms with van der Waals surface area (Å²) in [5.74, 6) is -0.620. The number of nitrogens with zero attached hydrogens (tertiary/aromatic N) is 3. The topological polar surface area (TPSA) is 83.8 Å². The molecule has 196 valence electrons. The molecule has 0 saturated carbocycles. The number of halogens is 3. The zero-order chi connectivity index (χ0) is 27.4. The highest BCUT2D eigenvalue weighted by atomic mass is 35.5. The lowest BCUT2D eigenvalue weighted by Gasteiger charge is -2.23. The van der Waals surface area contributed by atoms with Crippen molar-refractivity contribution in [2.24, 2.45) is 5.10 Å². The van der Waals surface area contributed by atoms with Gasteiger partial charge in [-0.25, -0.2) is 13.8 Å². The minimum atomic E-state index is -4.03. The highest BCUT2D eigenvalue weighted by molar-refractivity contribution is 7.92. The largest absolute Gasteiger partial charge is 0.316 e. The van der Waals surface area contributed by atoms with Gasteiger partial charge in [-0.1, -0.05) is 53.0 Å². The van der Waals surface area contributed by atoms with E-state index in [9.17, 15) is 13.2 Å². The van der Waals surface area contributed by atoms with Gasteiger partial charge in [0.25, 0.3) is 15.9 Å². The van der Waals surface area contributed by atoms with Crippen molar-refractivity contribution in [1.82, 2.24) is 9.99 Å². The third kappa shape index (κ3) is 6.05. The predicted octanol–water partition coefficient (Wildman–Crippen LogP) is 6.40. The molecule has 1 amide bonds. The van der Waals surface area contributed by atoms with Gasteiger partial charge in [0, 0.05) is 27.0 Å². The Hall–Kier alpha value is -3.30. The molecule has 0 radical (unpaired) electrons. The van der Waals surface area contributed by atoms with Crippen molar-refractivity contribution >= 4 is 62.6 Å². The molecule has 0 aliphatic carbocycles. The lowest BCUT2D eigenvalue weighted by molar-refractivity contribution is -0.119. The zero-order valence-corrected chi connectivity index (χ0v) is 23.5. The van der Waals surface area contributed by atoms with E-state index in [-0.39, 0.29) is 4.90 Å². The van der Waals surface area contributed by atoms with Crippen LogP contribution in [0.4, 0.5) is 5.69 Å². The van der Waals surface area contributed by atoms with Crippen LogP contribution in [-0.4, -0.2) is 31.7 Å². The second-order valence-corrected chi connectivity index (χ2v) is 11.5. The molecule has 3 aromatic carbocycles. The van der Waals surface area contributed by atoms with Gasteiger partial charge in [-0.3, -0.25) is 9.10 Å². The van der Waals surface area contributed by atoms with Crippen LogP contribution in [0, 0.1) is 13.8 Å². The molecule has 4 rings (SSSR count). The maximum absolute atomic E-state index is 13.4. The first-order valence-corrected chi connectivity index (χ1v) is 13.9. The van der Waals surface area contributed by atoms with Crippen LogP contribution in [0.1, 0.15) is 17.0 Å². The molecule has 11 heteroatoms. The van der Waals surface area contributed by atoms with Crippen molar-refractivity contribution in [3.8, 4) is 5.69 Å². The average molecular weight is 590 g/mol. The molecule has 1 N–H and O–H groups in total. The van der Waals surface area contributed by atoms with Gasteiger partial charge in [-0.05, 0) is 74.5 Å². The Labute approximate surface area is 236 Å². The van der Waals surface area contributed by atoms with Gasteiger partial charge in [0.05, 0.1) is 27.5 Å². The van der Waals surface area contributed by atoms with E-state index in [0.717, 1.165) is 26.9 Å². The summed E-state index contributed by atoms with van der Waals surface area (Å²) in [4.78, 5) is 12.9. The van der Waals surface area contributed by atoms with Crippen molar-refractivity contribution in [2.75, 3.05) is 10.8 Å². The first-order chi connectivity index (χ1) is 18.1. The van der Waals surface area contributed by atoms with Crippen LogP contribution in [-0.2, 0) is 14.8 Å². The van der Waals surface area contributed by atoms with Crippen molar-refractivity contribution in [3.63, 3.8) is 0 Å². The summed E-state index contributed by atoms with van der Waals surface area (Å²) >= 11 is 18.4. The van der Waals surface area contributed by atoms with E-state index in [1.54, 1.807) is 42.5 Å². The molecular formula is C27H23Cl3N4O3S. The van der Waals surface area contributed by atoms with Gasteiger partial charge < -0.3 is 4.57 Å². The van der Waals surface area contributed by atoms with Crippen molar-refractivity contribution in [1.29, 1.82) is 0 Å². The Morgan fingerprint density at radius 1 is 0.947 bits per heavy atom. The summed E-state index contributed by atoms with van der Waals surface area (Å²) in [7, 11) is -4.03. The number of aryl methyl sites for hydroxylation is 1. The average Bonchev–Trinajstić information content (AvgIpc) is 3.16. The Kier molecular flexibility index (Phi) is 8.47. The Morgan fingerprint density at radius 2 is 1.61 bits per heavy atom. The molecular weight excluding hydrogens is 567 g/mol. The molecule has 0 aliphatic heterocycles. The smallest absolute Gasteiger partial charge is 0.264 e. The fraction of sp³-hybridized carbons (Fsp3) is 0.111. The van der Waals surface area contributed by atoms with Gasteiger partial charge >= 0.3 is 0 Å². The Bertz CT molecular complexity index is 1600. The minimum Gasteiger partial charge on any atom is -0.316 e. The van der Waals surface area contributed by atoms with Gasteiger partial charge in [0.1, 0.15) is 6.54 Å². The Morgan fingerprint density at radius 3 is 2.26 bits per heavy atom. The maximum atomic E-state index is 13.4. The van der Waals surface area contributed by atoms with E-state index >= 15 is 0 Å². The molecule has 38 heavy (non-hydrogen) atoms. The Balaban J connectivity index is 1.55. The first-order valence-electron chi connectivity index (χ1n) is 11.4.